The van der Waals surface area contributed by atoms with Crippen LogP contribution in [0.1, 0.15) is 36.5 Å². The van der Waals surface area contributed by atoms with E-state index in [4.69, 9.17) is 15.7 Å². The summed E-state index contributed by atoms with van der Waals surface area (Å²) in [6, 6.07) is 6.56. The number of nitriles is 1. The van der Waals surface area contributed by atoms with Crippen molar-refractivity contribution in [1.29, 1.82) is 5.26 Å². The quantitative estimate of drug-likeness (QED) is 0.785. The van der Waals surface area contributed by atoms with Crippen molar-refractivity contribution in [3.05, 3.63) is 28.8 Å². The molecule has 0 radical (unpaired) electrons. The minimum atomic E-state index is 0.172. The van der Waals surface area contributed by atoms with Gasteiger partial charge in [0.2, 0.25) is 0 Å². The molecular formula is C15H22N2O. The minimum Gasteiger partial charge on any atom is -0.493 e. The lowest BCUT2D eigenvalue weighted by molar-refractivity contribution is 0.308. The SMILES string of the molecule is Cc1cc(CC(C)N)cc(C)c1OCCCC#N. The molecule has 0 fully saturated rings. The van der Waals surface area contributed by atoms with Crippen molar-refractivity contribution in [1.82, 2.24) is 0 Å². The standard InChI is InChI=1S/C15H22N2O/c1-11-8-14(10-13(3)17)9-12(2)15(11)18-7-5-4-6-16/h8-9,13H,4-5,7,10,17H2,1-3H3. The van der Waals surface area contributed by atoms with Gasteiger partial charge in [0, 0.05) is 12.5 Å². The van der Waals surface area contributed by atoms with Crippen LogP contribution in [0, 0.1) is 25.2 Å². The van der Waals surface area contributed by atoms with Gasteiger partial charge in [-0.25, -0.2) is 0 Å². The normalized spacial score (nSPS) is 11.9. The third-order valence-electron chi connectivity index (χ3n) is 2.76. The Morgan fingerprint density at radius 3 is 2.44 bits per heavy atom. The van der Waals surface area contributed by atoms with Crippen LogP contribution in [0.5, 0.6) is 5.75 Å². The maximum absolute atomic E-state index is 8.48. The zero-order valence-electron chi connectivity index (χ0n) is 11.5. The van der Waals surface area contributed by atoms with Crippen molar-refractivity contribution < 1.29 is 4.74 Å². The summed E-state index contributed by atoms with van der Waals surface area (Å²) in [4.78, 5) is 0. The molecule has 0 saturated carbocycles. The molecule has 3 heteroatoms. The molecule has 0 aliphatic rings. The summed E-state index contributed by atoms with van der Waals surface area (Å²) in [5.74, 6) is 0.946. The van der Waals surface area contributed by atoms with Crippen LogP contribution in [0.15, 0.2) is 12.1 Å². The Bertz CT molecular complexity index is 410. The van der Waals surface area contributed by atoms with E-state index in [1.807, 2.05) is 6.92 Å². The maximum Gasteiger partial charge on any atom is 0.125 e. The van der Waals surface area contributed by atoms with E-state index in [0.29, 0.717) is 13.0 Å². The molecule has 0 saturated heterocycles. The van der Waals surface area contributed by atoms with Gasteiger partial charge in [0.25, 0.3) is 0 Å². The van der Waals surface area contributed by atoms with Crippen molar-refractivity contribution >= 4 is 0 Å². The molecule has 0 spiro atoms. The highest BCUT2D eigenvalue weighted by atomic mass is 16.5. The lowest BCUT2D eigenvalue weighted by Gasteiger charge is -2.14. The smallest absolute Gasteiger partial charge is 0.125 e. The maximum atomic E-state index is 8.48. The van der Waals surface area contributed by atoms with Crippen LogP contribution in [0.2, 0.25) is 0 Å². The second-order valence-electron chi connectivity index (χ2n) is 4.85. The Balaban J connectivity index is 2.72. The fraction of sp³-hybridized carbons (Fsp3) is 0.533. The van der Waals surface area contributed by atoms with Gasteiger partial charge in [0.1, 0.15) is 5.75 Å². The van der Waals surface area contributed by atoms with Gasteiger partial charge in [-0.1, -0.05) is 12.1 Å². The number of nitrogens with two attached hydrogens (primary N) is 1. The summed E-state index contributed by atoms with van der Waals surface area (Å²) in [7, 11) is 0. The number of rotatable bonds is 6. The monoisotopic (exact) mass is 246 g/mol. The van der Waals surface area contributed by atoms with Gasteiger partial charge in [-0.15, -0.1) is 0 Å². The molecule has 1 atom stereocenters. The van der Waals surface area contributed by atoms with Crippen molar-refractivity contribution in [3.8, 4) is 11.8 Å². The summed E-state index contributed by atoms with van der Waals surface area (Å²) in [6.45, 7) is 6.72. The Morgan fingerprint density at radius 1 is 1.33 bits per heavy atom. The highest BCUT2D eigenvalue weighted by Crippen LogP contribution is 2.25. The second-order valence-corrected chi connectivity index (χ2v) is 4.85. The average molecular weight is 246 g/mol. The van der Waals surface area contributed by atoms with Gasteiger partial charge in [-0.05, 0) is 50.3 Å². The Hall–Kier alpha value is -1.53. The zero-order chi connectivity index (χ0) is 13.5. The van der Waals surface area contributed by atoms with Crippen molar-refractivity contribution in [2.24, 2.45) is 5.73 Å². The third kappa shape index (κ3) is 4.38. The molecule has 98 valence electrons. The molecule has 0 aliphatic heterocycles. The summed E-state index contributed by atoms with van der Waals surface area (Å²) >= 11 is 0. The van der Waals surface area contributed by atoms with E-state index in [-0.39, 0.29) is 6.04 Å². The van der Waals surface area contributed by atoms with Gasteiger partial charge >= 0.3 is 0 Å². The van der Waals surface area contributed by atoms with Crippen LogP contribution < -0.4 is 10.5 Å². The zero-order valence-corrected chi connectivity index (χ0v) is 11.5. The van der Waals surface area contributed by atoms with Crippen molar-refractivity contribution in [2.45, 2.75) is 46.1 Å². The van der Waals surface area contributed by atoms with E-state index in [1.54, 1.807) is 0 Å². The van der Waals surface area contributed by atoms with Crippen LogP contribution in [-0.4, -0.2) is 12.6 Å². The summed E-state index contributed by atoms with van der Waals surface area (Å²) < 4.78 is 5.75. The van der Waals surface area contributed by atoms with E-state index in [9.17, 15) is 0 Å². The lowest BCUT2D eigenvalue weighted by Crippen LogP contribution is -2.18. The number of ether oxygens (including phenoxy) is 1. The van der Waals surface area contributed by atoms with Gasteiger partial charge in [-0.2, -0.15) is 5.26 Å². The van der Waals surface area contributed by atoms with E-state index >= 15 is 0 Å². The molecule has 2 N–H and O–H groups in total. The Morgan fingerprint density at radius 2 is 1.94 bits per heavy atom. The molecule has 3 nitrogen and oxygen atoms in total. The van der Waals surface area contributed by atoms with Gasteiger partial charge in [0.05, 0.1) is 12.7 Å². The molecule has 1 rings (SSSR count). The summed E-state index contributed by atoms with van der Waals surface area (Å²) in [5.41, 5.74) is 9.35. The van der Waals surface area contributed by atoms with Crippen LogP contribution in [-0.2, 0) is 6.42 Å². The van der Waals surface area contributed by atoms with Crippen LogP contribution in [0.4, 0.5) is 0 Å². The third-order valence-corrected chi connectivity index (χ3v) is 2.76. The first-order valence-electron chi connectivity index (χ1n) is 6.40. The molecule has 18 heavy (non-hydrogen) atoms. The average Bonchev–Trinajstić information content (AvgIpc) is 2.26. The molecule has 0 heterocycles. The second kappa shape index (κ2) is 7.03. The summed E-state index contributed by atoms with van der Waals surface area (Å²) in [5, 5.41) is 8.48. The van der Waals surface area contributed by atoms with E-state index in [2.05, 4.69) is 32.0 Å². The molecule has 0 bridgehead atoms. The Labute approximate surface area is 110 Å². The minimum absolute atomic E-state index is 0.172. The van der Waals surface area contributed by atoms with Crippen molar-refractivity contribution in [2.75, 3.05) is 6.61 Å². The number of hydrogen-bond acceptors (Lipinski definition) is 3. The Kier molecular flexibility index (Phi) is 5.67. The number of hydrogen-bond donors (Lipinski definition) is 1. The molecule has 0 aromatic heterocycles. The highest BCUT2D eigenvalue weighted by molar-refractivity contribution is 5.43. The van der Waals surface area contributed by atoms with Crippen LogP contribution in [0.3, 0.4) is 0 Å². The van der Waals surface area contributed by atoms with Crippen LogP contribution >= 0.6 is 0 Å². The predicted molar refractivity (Wildman–Crippen MR) is 73.6 cm³/mol. The first-order chi connectivity index (χ1) is 8.54. The van der Waals surface area contributed by atoms with E-state index in [1.165, 1.54) is 5.56 Å². The van der Waals surface area contributed by atoms with Gasteiger partial charge in [-0.3, -0.25) is 0 Å². The highest BCUT2D eigenvalue weighted by Gasteiger charge is 2.07. The number of aryl methyl sites for hydroxylation is 2. The molecule has 0 aliphatic carbocycles. The molecule has 1 aromatic carbocycles. The van der Waals surface area contributed by atoms with Gasteiger partial charge < -0.3 is 10.5 Å². The number of benzene rings is 1. The molecule has 1 unspecified atom stereocenters. The van der Waals surface area contributed by atoms with Crippen LogP contribution in [0.25, 0.3) is 0 Å². The largest absolute Gasteiger partial charge is 0.493 e. The molecule has 1 aromatic rings. The lowest BCUT2D eigenvalue weighted by atomic mass is 10.0. The fourth-order valence-corrected chi connectivity index (χ4v) is 2.08. The number of unbranched alkanes of at least 4 members (excludes halogenated alkanes) is 1. The molecule has 0 amide bonds. The first kappa shape index (κ1) is 14.5. The fourth-order valence-electron chi connectivity index (χ4n) is 2.08. The van der Waals surface area contributed by atoms with E-state index < -0.39 is 0 Å². The first-order valence-corrected chi connectivity index (χ1v) is 6.40. The summed E-state index contributed by atoms with van der Waals surface area (Å²) in [6.07, 6.45) is 2.20. The number of nitrogens with zero attached hydrogens (tertiary/aromatic N) is 1. The van der Waals surface area contributed by atoms with E-state index in [0.717, 1.165) is 29.7 Å². The van der Waals surface area contributed by atoms with Gasteiger partial charge in [0.15, 0.2) is 0 Å². The predicted octanol–water partition coefficient (Wildman–Crippen LogP) is 2.88. The topological polar surface area (TPSA) is 59.0 Å². The molecular weight excluding hydrogens is 224 g/mol. The van der Waals surface area contributed by atoms with Crippen molar-refractivity contribution in [3.63, 3.8) is 0 Å².